The number of halogens is 2. The van der Waals surface area contributed by atoms with Crippen molar-refractivity contribution >= 4 is 15.9 Å². The van der Waals surface area contributed by atoms with Crippen LogP contribution in [0.15, 0.2) is 0 Å². The highest BCUT2D eigenvalue weighted by Gasteiger charge is 2.03. The molecule has 0 aromatic rings. The summed E-state index contributed by atoms with van der Waals surface area (Å²) in [4.78, 5) is 0.646. The molecule has 0 spiro atoms. The molecule has 0 N–H and O–H groups in total. The molecule has 11 heavy (non-hydrogen) atoms. The first-order valence-corrected chi connectivity index (χ1v) is 4.40. The van der Waals surface area contributed by atoms with Crippen molar-refractivity contribution < 1.29 is 9.44 Å². The maximum Gasteiger partial charge on any atom is 0.0594 e. The lowest BCUT2D eigenvalue weighted by Crippen LogP contribution is -2.15. The van der Waals surface area contributed by atoms with Crippen molar-refractivity contribution in [1.29, 1.82) is 0 Å². The van der Waals surface area contributed by atoms with Crippen molar-refractivity contribution in [2.75, 3.05) is 7.11 Å². The molecule has 0 unspecified atom stereocenters. The molecule has 0 aliphatic carbocycles. The number of alkyl halides is 1. The third-order valence-corrected chi connectivity index (χ3v) is 0.612. The van der Waals surface area contributed by atoms with Crippen molar-refractivity contribution in [3.05, 3.63) is 0 Å². The number of methoxy groups -OCH3 is 1. The maximum absolute atomic E-state index is 4.94. The van der Waals surface area contributed by atoms with Crippen molar-refractivity contribution in [3.63, 3.8) is 0 Å². The molecule has 0 atom stereocenters. The van der Waals surface area contributed by atoms with Gasteiger partial charge in [-0.05, 0) is 20.8 Å². The van der Waals surface area contributed by atoms with Gasteiger partial charge in [-0.2, -0.15) is 0 Å². The predicted molar refractivity (Wildman–Crippen MR) is 53.3 cm³/mol. The summed E-state index contributed by atoms with van der Waals surface area (Å²) in [7, 11) is 1.71. The minimum atomic E-state index is 0. The van der Waals surface area contributed by atoms with Crippen LogP contribution in [0.5, 0.6) is 0 Å². The van der Waals surface area contributed by atoms with Gasteiger partial charge in [0.2, 0.25) is 0 Å². The van der Waals surface area contributed by atoms with Crippen LogP contribution in [-0.2, 0) is 4.74 Å². The van der Waals surface area contributed by atoms with Gasteiger partial charge in [-0.25, -0.2) is 0 Å². The van der Waals surface area contributed by atoms with Crippen LogP contribution in [0.3, 0.4) is 0 Å². The zero-order valence-electron chi connectivity index (χ0n) is 8.27. The molecule has 0 fully saturated rings. The van der Waals surface area contributed by atoms with Crippen LogP contribution in [0.4, 0.5) is 4.70 Å². The van der Waals surface area contributed by atoms with Crippen LogP contribution >= 0.6 is 15.9 Å². The smallest absolute Gasteiger partial charge is 0.0594 e. The molecule has 0 saturated heterocycles. The highest BCUT2D eigenvalue weighted by Crippen LogP contribution is 2.02. The van der Waals surface area contributed by atoms with Gasteiger partial charge in [0.1, 0.15) is 0 Å². The quantitative estimate of drug-likeness (QED) is 0.581. The van der Waals surface area contributed by atoms with Crippen LogP contribution < -0.4 is 0 Å². The largest absolute Gasteiger partial charge is 0.379 e. The Labute approximate surface area is 78.0 Å². The van der Waals surface area contributed by atoms with Gasteiger partial charge in [-0.3, -0.25) is 4.70 Å². The van der Waals surface area contributed by atoms with E-state index in [4.69, 9.17) is 4.74 Å². The number of hydrogen-bond acceptors (Lipinski definition) is 1. The molecule has 1 nitrogen and oxygen atoms in total. The van der Waals surface area contributed by atoms with Crippen molar-refractivity contribution in [3.8, 4) is 0 Å². The summed E-state index contributed by atoms with van der Waals surface area (Å²) >= 11 is 3.27. The normalized spacial score (nSPS) is 9.82. The molecule has 0 saturated carbocycles. The van der Waals surface area contributed by atoms with Gasteiger partial charge >= 0.3 is 0 Å². The van der Waals surface area contributed by atoms with Gasteiger partial charge < -0.3 is 4.74 Å². The highest BCUT2D eigenvalue weighted by atomic mass is 79.9. The monoisotopic (exact) mass is 230 g/mol. The van der Waals surface area contributed by atoms with E-state index >= 15 is 0 Å². The number of ether oxygens (including phenoxy) is 1. The fourth-order valence-electron chi connectivity index (χ4n) is 0. The Kier molecular flexibility index (Phi) is 13.4. The van der Waals surface area contributed by atoms with E-state index in [0.29, 0.717) is 4.83 Å². The molecule has 0 radical (unpaired) electrons. The second-order valence-corrected chi connectivity index (χ2v) is 5.16. The summed E-state index contributed by atoms with van der Waals surface area (Å²) in [5.74, 6) is 0. The molecule has 0 aromatic carbocycles. The molecule has 0 bridgehead atoms. The lowest BCUT2D eigenvalue weighted by molar-refractivity contribution is 0.0397. The summed E-state index contributed by atoms with van der Waals surface area (Å²) in [5.41, 5.74) is 0.0417. The maximum atomic E-state index is 4.94. The molecule has 0 aromatic heterocycles. The van der Waals surface area contributed by atoms with E-state index in [0.717, 1.165) is 0 Å². The average Bonchev–Trinajstić information content (AvgIpc) is 1.63. The molecule has 72 valence electrons. The Bertz CT molecular complexity index is 66.2. The summed E-state index contributed by atoms with van der Waals surface area (Å²) in [6.07, 6.45) is 0. The zero-order valence-corrected chi connectivity index (χ0v) is 9.86. The molecule has 0 amide bonds. The first-order valence-electron chi connectivity index (χ1n) is 3.49. The third-order valence-electron chi connectivity index (χ3n) is 0.612. The van der Waals surface area contributed by atoms with Gasteiger partial charge in [0, 0.05) is 11.9 Å². The van der Waals surface area contributed by atoms with E-state index < -0.39 is 0 Å². The third kappa shape index (κ3) is 64.0. The molecule has 0 rings (SSSR count). The Morgan fingerprint density at radius 1 is 1.18 bits per heavy atom. The van der Waals surface area contributed by atoms with E-state index in [-0.39, 0.29) is 10.3 Å². The zero-order chi connectivity index (χ0) is 8.78. The highest BCUT2D eigenvalue weighted by molar-refractivity contribution is 9.09. The standard InChI is InChI=1S/C5H12O.C3H7Br.FH/c1-5(2,3)6-4;1-3(2)4;/h1-4H3;3H,1-2H3;1H. The summed E-state index contributed by atoms with van der Waals surface area (Å²) < 4.78 is 4.94. The molecular formula is C8H20BrFO. The minimum absolute atomic E-state index is 0. The van der Waals surface area contributed by atoms with Crippen molar-refractivity contribution in [1.82, 2.24) is 0 Å². The minimum Gasteiger partial charge on any atom is -0.379 e. The Balaban J connectivity index is -0.000000114. The van der Waals surface area contributed by atoms with Crippen molar-refractivity contribution in [2.24, 2.45) is 0 Å². The first kappa shape index (κ1) is 17.5. The van der Waals surface area contributed by atoms with E-state index in [1.165, 1.54) is 0 Å². The van der Waals surface area contributed by atoms with Gasteiger partial charge in [-0.1, -0.05) is 29.8 Å². The molecule has 0 aliphatic heterocycles. The van der Waals surface area contributed by atoms with Crippen LogP contribution in [0.1, 0.15) is 34.6 Å². The van der Waals surface area contributed by atoms with E-state index in [9.17, 15) is 0 Å². The number of hydrogen-bond donors (Lipinski definition) is 0. The molecule has 3 heteroatoms. The SMILES string of the molecule is CC(C)Br.COC(C)(C)C.F. The number of rotatable bonds is 0. The summed E-state index contributed by atoms with van der Waals surface area (Å²) in [5, 5.41) is 0. The van der Waals surface area contributed by atoms with E-state index in [2.05, 4.69) is 29.8 Å². The van der Waals surface area contributed by atoms with E-state index in [1.807, 2.05) is 20.8 Å². The second-order valence-electron chi connectivity index (χ2n) is 3.33. The fraction of sp³-hybridized carbons (Fsp3) is 1.00. The van der Waals surface area contributed by atoms with Gasteiger partial charge in [0.05, 0.1) is 5.60 Å². The van der Waals surface area contributed by atoms with Gasteiger partial charge in [0.15, 0.2) is 0 Å². The fourth-order valence-corrected chi connectivity index (χ4v) is 0. The lowest BCUT2D eigenvalue weighted by atomic mass is 10.2. The summed E-state index contributed by atoms with van der Waals surface area (Å²) in [6.45, 7) is 10.2. The molecule has 0 heterocycles. The van der Waals surface area contributed by atoms with Crippen LogP contribution in [0.25, 0.3) is 0 Å². The van der Waals surface area contributed by atoms with Gasteiger partial charge in [0.25, 0.3) is 0 Å². The lowest BCUT2D eigenvalue weighted by Gasteiger charge is -2.14. The first-order chi connectivity index (χ1) is 4.29. The Hall–Kier alpha value is 0.370. The predicted octanol–water partition coefficient (Wildman–Crippen LogP) is 3.37. The van der Waals surface area contributed by atoms with Gasteiger partial charge in [-0.15, -0.1) is 0 Å². The molecule has 0 aliphatic rings. The van der Waals surface area contributed by atoms with Crippen LogP contribution in [0, 0.1) is 0 Å². The van der Waals surface area contributed by atoms with Crippen molar-refractivity contribution in [2.45, 2.75) is 45.0 Å². The summed E-state index contributed by atoms with van der Waals surface area (Å²) in [6, 6.07) is 0. The Morgan fingerprint density at radius 3 is 1.27 bits per heavy atom. The van der Waals surface area contributed by atoms with E-state index in [1.54, 1.807) is 7.11 Å². The Morgan fingerprint density at radius 2 is 1.27 bits per heavy atom. The second kappa shape index (κ2) is 8.47. The van der Waals surface area contributed by atoms with Crippen LogP contribution in [-0.4, -0.2) is 17.5 Å². The molecular weight excluding hydrogens is 211 g/mol. The van der Waals surface area contributed by atoms with Crippen LogP contribution in [0.2, 0.25) is 0 Å². The average molecular weight is 231 g/mol. The topological polar surface area (TPSA) is 9.23 Å².